The highest BCUT2D eigenvalue weighted by atomic mass is 32.2. The molecule has 0 saturated carbocycles. The van der Waals surface area contributed by atoms with Crippen molar-refractivity contribution < 1.29 is 13.7 Å². The van der Waals surface area contributed by atoms with E-state index in [1.807, 2.05) is 30.3 Å². The maximum atomic E-state index is 12.7. The maximum absolute atomic E-state index is 12.7. The van der Waals surface area contributed by atoms with E-state index >= 15 is 0 Å². The van der Waals surface area contributed by atoms with Crippen LogP contribution in [0, 0.1) is 0 Å². The second kappa shape index (κ2) is 6.85. The number of rotatable bonds is 4. The Morgan fingerprint density at radius 1 is 1.30 bits per heavy atom. The standard InChI is InChI=1S/C14H22N2O3S/c1-14(2,3)19-13(17)16-20(18,10-9-15)11-12-7-5-4-6-8-12/h4-8H,9-11,15H2,1-3H3. The third kappa shape index (κ3) is 6.16. The summed E-state index contributed by atoms with van der Waals surface area (Å²) in [6, 6.07) is 9.27. The number of hydrogen-bond donors (Lipinski definition) is 1. The Labute approximate surface area is 120 Å². The Bertz CT molecular complexity index is 556. The second-order valence-electron chi connectivity index (χ2n) is 5.47. The molecule has 1 atom stereocenters. The first kappa shape index (κ1) is 16.7. The first-order chi connectivity index (χ1) is 9.24. The molecule has 0 heterocycles. The third-order valence-corrected chi connectivity index (χ3v) is 4.45. The molecule has 0 aliphatic heterocycles. The molecule has 112 valence electrons. The van der Waals surface area contributed by atoms with Crippen LogP contribution in [0.1, 0.15) is 26.3 Å². The molecule has 0 saturated heterocycles. The van der Waals surface area contributed by atoms with Crippen LogP contribution in [0.25, 0.3) is 0 Å². The zero-order valence-corrected chi connectivity index (χ0v) is 13.0. The van der Waals surface area contributed by atoms with Gasteiger partial charge in [-0.1, -0.05) is 30.3 Å². The zero-order chi connectivity index (χ0) is 15.2. The number of amides is 1. The lowest BCUT2D eigenvalue weighted by molar-refractivity contribution is 0.0607. The SMILES string of the molecule is CC(C)(C)OC(=O)N=S(=O)(CCN)Cc1ccccc1. The summed E-state index contributed by atoms with van der Waals surface area (Å²) in [4.78, 5) is 11.7. The van der Waals surface area contributed by atoms with E-state index in [4.69, 9.17) is 10.5 Å². The Hall–Kier alpha value is -1.40. The van der Waals surface area contributed by atoms with Crippen molar-refractivity contribution in [1.29, 1.82) is 0 Å². The number of carbonyl (C=O) groups is 1. The number of benzene rings is 1. The molecular formula is C14H22N2O3S. The molecule has 1 amide bonds. The van der Waals surface area contributed by atoms with Crippen LogP contribution in [-0.2, 0) is 20.2 Å². The maximum Gasteiger partial charge on any atom is 0.442 e. The molecule has 20 heavy (non-hydrogen) atoms. The fraction of sp³-hybridized carbons (Fsp3) is 0.500. The summed E-state index contributed by atoms with van der Waals surface area (Å²) in [5, 5.41) is 0. The molecule has 0 radical (unpaired) electrons. The Balaban J connectivity index is 2.97. The van der Waals surface area contributed by atoms with Crippen molar-refractivity contribution in [3.05, 3.63) is 35.9 Å². The average molecular weight is 298 g/mol. The highest BCUT2D eigenvalue weighted by Crippen LogP contribution is 2.13. The number of nitrogens with two attached hydrogens (primary N) is 1. The lowest BCUT2D eigenvalue weighted by Gasteiger charge is -2.18. The molecule has 2 N–H and O–H groups in total. The van der Waals surface area contributed by atoms with Crippen LogP contribution in [0.15, 0.2) is 34.7 Å². The van der Waals surface area contributed by atoms with Crippen LogP contribution in [0.5, 0.6) is 0 Å². The minimum absolute atomic E-state index is 0.168. The van der Waals surface area contributed by atoms with Gasteiger partial charge in [0.25, 0.3) is 0 Å². The molecule has 0 fully saturated rings. The third-order valence-electron chi connectivity index (χ3n) is 2.31. The predicted octanol–water partition coefficient (Wildman–Crippen LogP) is 2.55. The molecule has 0 aliphatic carbocycles. The summed E-state index contributed by atoms with van der Waals surface area (Å²) >= 11 is 0. The molecule has 0 spiro atoms. The molecule has 1 unspecified atom stereocenters. The van der Waals surface area contributed by atoms with Crippen LogP contribution >= 0.6 is 0 Å². The topological polar surface area (TPSA) is 81.8 Å². The minimum atomic E-state index is -2.74. The van der Waals surface area contributed by atoms with E-state index in [1.165, 1.54) is 0 Å². The van der Waals surface area contributed by atoms with Gasteiger partial charge in [0, 0.05) is 12.3 Å². The van der Waals surface area contributed by atoms with E-state index in [0.29, 0.717) is 0 Å². The van der Waals surface area contributed by atoms with E-state index in [2.05, 4.69) is 4.36 Å². The van der Waals surface area contributed by atoms with Crippen LogP contribution in [0.3, 0.4) is 0 Å². The summed E-state index contributed by atoms with van der Waals surface area (Å²) in [5.74, 6) is 0.366. The van der Waals surface area contributed by atoms with Gasteiger partial charge in [-0.15, -0.1) is 4.36 Å². The van der Waals surface area contributed by atoms with Gasteiger partial charge in [0.2, 0.25) is 0 Å². The molecule has 5 nitrogen and oxygen atoms in total. The van der Waals surface area contributed by atoms with Gasteiger partial charge in [-0.25, -0.2) is 9.00 Å². The van der Waals surface area contributed by atoms with Crippen molar-refractivity contribution in [2.45, 2.75) is 32.1 Å². The fourth-order valence-electron chi connectivity index (χ4n) is 1.59. The number of nitrogens with zero attached hydrogens (tertiary/aromatic N) is 1. The highest BCUT2D eigenvalue weighted by molar-refractivity contribution is 7.93. The molecule has 1 aromatic rings. The molecular weight excluding hydrogens is 276 g/mol. The van der Waals surface area contributed by atoms with Gasteiger partial charge >= 0.3 is 6.09 Å². The van der Waals surface area contributed by atoms with Crippen LogP contribution in [-0.4, -0.2) is 28.2 Å². The lowest BCUT2D eigenvalue weighted by Crippen LogP contribution is -2.24. The summed E-state index contributed by atoms with van der Waals surface area (Å²) in [7, 11) is -2.74. The van der Waals surface area contributed by atoms with Crippen molar-refractivity contribution in [2.75, 3.05) is 12.3 Å². The summed E-state index contributed by atoms with van der Waals surface area (Å²) < 4.78 is 21.6. The van der Waals surface area contributed by atoms with Gasteiger partial charge in [0.1, 0.15) is 5.60 Å². The first-order valence-corrected chi connectivity index (χ1v) is 8.29. The van der Waals surface area contributed by atoms with E-state index < -0.39 is 21.4 Å². The van der Waals surface area contributed by atoms with Crippen molar-refractivity contribution in [2.24, 2.45) is 10.1 Å². The quantitative estimate of drug-likeness (QED) is 0.926. The lowest BCUT2D eigenvalue weighted by atomic mass is 10.2. The molecule has 1 aromatic carbocycles. The van der Waals surface area contributed by atoms with Gasteiger partial charge < -0.3 is 10.5 Å². The molecule has 0 aromatic heterocycles. The molecule has 0 aliphatic rings. The van der Waals surface area contributed by atoms with Gasteiger partial charge in [-0.2, -0.15) is 0 Å². The minimum Gasteiger partial charge on any atom is -0.442 e. The van der Waals surface area contributed by atoms with Crippen LogP contribution in [0.4, 0.5) is 4.79 Å². The zero-order valence-electron chi connectivity index (χ0n) is 12.2. The van der Waals surface area contributed by atoms with Crippen molar-refractivity contribution in [1.82, 2.24) is 0 Å². The molecule has 1 rings (SSSR count). The smallest absolute Gasteiger partial charge is 0.442 e. The van der Waals surface area contributed by atoms with E-state index in [9.17, 15) is 9.00 Å². The van der Waals surface area contributed by atoms with E-state index in [0.717, 1.165) is 5.56 Å². The average Bonchev–Trinajstić information content (AvgIpc) is 2.26. The Kier molecular flexibility index (Phi) is 5.71. The highest BCUT2D eigenvalue weighted by Gasteiger charge is 2.19. The van der Waals surface area contributed by atoms with Gasteiger partial charge in [-0.05, 0) is 26.3 Å². The van der Waals surface area contributed by atoms with Crippen molar-refractivity contribution in [3.63, 3.8) is 0 Å². The van der Waals surface area contributed by atoms with Crippen LogP contribution in [0.2, 0.25) is 0 Å². The number of carbonyl (C=O) groups excluding carboxylic acids is 1. The molecule has 0 bridgehead atoms. The largest absolute Gasteiger partial charge is 0.442 e. The van der Waals surface area contributed by atoms with Crippen LogP contribution < -0.4 is 5.73 Å². The van der Waals surface area contributed by atoms with Gasteiger partial charge in [0.15, 0.2) is 0 Å². The van der Waals surface area contributed by atoms with Gasteiger partial charge in [0.05, 0.1) is 15.5 Å². The Morgan fingerprint density at radius 3 is 2.40 bits per heavy atom. The predicted molar refractivity (Wildman–Crippen MR) is 80.9 cm³/mol. The second-order valence-corrected chi connectivity index (χ2v) is 7.89. The monoisotopic (exact) mass is 298 g/mol. The van der Waals surface area contributed by atoms with Crippen molar-refractivity contribution in [3.8, 4) is 0 Å². The van der Waals surface area contributed by atoms with Gasteiger partial charge in [-0.3, -0.25) is 0 Å². The van der Waals surface area contributed by atoms with Crippen molar-refractivity contribution >= 4 is 15.8 Å². The first-order valence-electron chi connectivity index (χ1n) is 6.44. The number of hydrogen-bond acceptors (Lipinski definition) is 4. The summed E-state index contributed by atoms with van der Waals surface area (Å²) in [6.07, 6.45) is -0.799. The molecule has 6 heteroatoms. The summed E-state index contributed by atoms with van der Waals surface area (Å²) in [6.45, 7) is 5.42. The van der Waals surface area contributed by atoms with E-state index in [1.54, 1.807) is 20.8 Å². The number of ether oxygens (including phenoxy) is 1. The van der Waals surface area contributed by atoms with E-state index in [-0.39, 0.29) is 18.1 Å². The normalized spacial score (nSPS) is 14.4. The summed E-state index contributed by atoms with van der Waals surface area (Å²) in [5.41, 5.74) is 5.68. The Morgan fingerprint density at radius 2 is 1.90 bits per heavy atom. The fourth-order valence-corrected chi connectivity index (χ4v) is 3.28.